The summed E-state index contributed by atoms with van der Waals surface area (Å²) in [6.45, 7) is -0.164. The number of amides is 1. The summed E-state index contributed by atoms with van der Waals surface area (Å²) in [6, 6.07) is 8.88. The summed E-state index contributed by atoms with van der Waals surface area (Å²) in [4.78, 5) is 15.1. The first-order chi connectivity index (χ1) is 14.2. The second-order valence-electron chi connectivity index (χ2n) is 7.05. The van der Waals surface area contributed by atoms with Gasteiger partial charge in [-0.25, -0.2) is 12.8 Å². The number of sulfone groups is 1. The smallest absolute Gasteiger partial charge is 0.266 e. The van der Waals surface area contributed by atoms with Crippen LogP contribution in [0.25, 0.3) is 10.1 Å². The molecule has 1 aromatic heterocycles. The number of thiophene rings is 1. The number of carbonyl (C=O) groups excluding carboxylic acids is 1. The highest BCUT2D eigenvalue weighted by molar-refractivity contribution is 7.91. The lowest BCUT2D eigenvalue weighted by Gasteiger charge is -2.28. The topological polar surface area (TPSA) is 54.5 Å². The van der Waals surface area contributed by atoms with Crippen LogP contribution in [0.15, 0.2) is 36.4 Å². The highest BCUT2D eigenvalue weighted by atomic mass is 35.5. The van der Waals surface area contributed by atoms with Crippen LogP contribution in [-0.4, -0.2) is 36.8 Å². The van der Waals surface area contributed by atoms with E-state index in [4.69, 9.17) is 34.8 Å². The molecule has 0 bridgehead atoms. The van der Waals surface area contributed by atoms with Crippen LogP contribution < -0.4 is 0 Å². The molecule has 0 radical (unpaired) electrons. The Morgan fingerprint density at radius 3 is 2.47 bits per heavy atom. The van der Waals surface area contributed by atoms with E-state index in [2.05, 4.69) is 0 Å². The standard InChI is InChI=1S/C20H15Cl3FNO3S2/c21-13-3-1-5-15(24)12(13)9-25(11-7-8-30(27,28)10-11)20(26)19-18(23)17-14(22)4-2-6-16(17)29-19/h1-6,11H,7-10H2. The van der Waals surface area contributed by atoms with E-state index in [-0.39, 0.29) is 45.0 Å². The monoisotopic (exact) mass is 505 g/mol. The maximum Gasteiger partial charge on any atom is 0.266 e. The molecule has 1 atom stereocenters. The van der Waals surface area contributed by atoms with Gasteiger partial charge in [0.1, 0.15) is 10.7 Å². The van der Waals surface area contributed by atoms with Gasteiger partial charge in [0.25, 0.3) is 5.91 Å². The van der Waals surface area contributed by atoms with Crippen molar-refractivity contribution in [1.82, 2.24) is 4.90 Å². The van der Waals surface area contributed by atoms with Crippen LogP contribution in [0.4, 0.5) is 4.39 Å². The molecular formula is C20H15Cl3FNO3S2. The van der Waals surface area contributed by atoms with Gasteiger partial charge < -0.3 is 4.90 Å². The Balaban J connectivity index is 1.79. The lowest BCUT2D eigenvalue weighted by Crippen LogP contribution is -2.40. The number of fused-ring (bicyclic) bond motifs is 1. The fourth-order valence-electron chi connectivity index (χ4n) is 3.58. The summed E-state index contributed by atoms with van der Waals surface area (Å²) in [5.41, 5.74) is 0.132. The lowest BCUT2D eigenvalue weighted by atomic mass is 10.1. The minimum atomic E-state index is -3.28. The average Bonchev–Trinajstić information content (AvgIpc) is 3.21. The zero-order chi connectivity index (χ0) is 21.6. The van der Waals surface area contributed by atoms with Gasteiger partial charge in [0.15, 0.2) is 9.84 Å². The molecule has 0 aliphatic carbocycles. The third kappa shape index (κ3) is 4.06. The van der Waals surface area contributed by atoms with Crippen molar-refractivity contribution in [3.63, 3.8) is 0 Å². The lowest BCUT2D eigenvalue weighted by molar-refractivity contribution is 0.0684. The number of hydrogen-bond donors (Lipinski definition) is 0. The number of halogens is 4. The van der Waals surface area contributed by atoms with Crippen molar-refractivity contribution < 1.29 is 17.6 Å². The molecule has 4 rings (SSSR count). The summed E-state index contributed by atoms with van der Waals surface area (Å²) in [7, 11) is -3.28. The summed E-state index contributed by atoms with van der Waals surface area (Å²) < 4.78 is 39.3. The van der Waals surface area contributed by atoms with Crippen molar-refractivity contribution in [1.29, 1.82) is 0 Å². The number of benzene rings is 2. The van der Waals surface area contributed by atoms with E-state index in [1.807, 2.05) is 0 Å². The van der Waals surface area contributed by atoms with Gasteiger partial charge in [-0.3, -0.25) is 4.79 Å². The number of rotatable bonds is 4. The van der Waals surface area contributed by atoms with E-state index in [9.17, 15) is 17.6 Å². The molecule has 2 heterocycles. The van der Waals surface area contributed by atoms with Crippen LogP contribution in [0.3, 0.4) is 0 Å². The molecule has 1 aliphatic heterocycles. The Hall–Kier alpha value is -1.38. The second-order valence-corrected chi connectivity index (χ2v) is 11.5. The molecule has 1 saturated heterocycles. The van der Waals surface area contributed by atoms with Crippen LogP contribution in [0.1, 0.15) is 21.7 Å². The van der Waals surface area contributed by atoms with Crippen LogP contribution in [0.2, 0.25) is 15.1 Å². The van der Waals surface area contributed by atoms with Crippen molar-refractivity contribution >= 4 is 72.0 Å². The predicted octanol–water partition coefficient (Wildman–Crippen LogP) is 5.83. The zero-order valence-electron chi connectivity index (χ0n) is 15.4. The fourth-order valence-corrected chi connectivity index (χ4v) is 7.44. The van der Waals surface area contributed by atoms with E-state index in [0.29, 0.717) is 10.4 Å². The second kappa shape index (κ2) is 8.28. The molecule has 10 heteroatoms. The van der Waals surface area contributed by atoms with Gasteiger partial charge in [0.05, 0.1) is 28.1 Å². The molecule has 1 fully saturated rings. The first kappa shape index (κ1) is 21.8. The maximum absolute atomic E-state index is 14.4. The van der Waals surface area contributed by atoms with Gasteiger partial charge in [0, 0.05) is 26.7 Å². The van der Waals surface area contributed by atoms with Gasteiger partial charge in [-0.15, -0.1) is 11.3 Å². The molecule has 4 nitrogen and oxygen atoms in total. The third-order valence-corrected chi connectivity index (χ3v) is 9.15. The highest BCUT2D eigenvalue weighted by Gasteiger charge is 2.37. The Morgan fingerprint density at radius 1 is 1.13 bits per heavy atom. The Morgan fingerprint density at radius 2 is 1.83 bits per heavy atom. The van der Waals surface area contributed by atoms with Crippen molar-refractivity contribution in [3.8, 4) is 0 Å². The summed E-state index contributed by atoms with van der Waals surface area (Å²) in [6.07, 6.45) is 0.267. The molecule has 1 amide bonds. The van der Waals surface area contributed by atoms with E-state index in [0.717, 1.165) is 4.70 Å². The van der Waals surface area contributed by atoms with Crippen LogP contribution >= 0.6 is 46.1 Å². The van der Waals surface area contributed by atoms with Crippen molar-refractivity contribution in [2.45, 2.75) is 19.0 Å². The van der Waals surface area contributed by atoms with Crippen molar-refractivity contribution in [2.24, 2.45) is 0 Å². The normalized spacial score (nSPS) is 18.1. The van der Waals surface area contributed by atoms with Gasteiger partial charge >= 0.3 is 0 Å². The van der Waals surface area contributed by atoms with E-state index in [1.54, 1.807) is 18.2 Å². The SMILES string of the molecule is O=C(c1sc2cccc(Cl)c2c1Cl)N(Cc1c(F)cccc1Cl)C1CCS(=O)(=O)C1. The number of carbonyl (C=O) groups is 1. The highest BCUT2D eigenvalue weighted by Crippen LogP contribution is 2.40. The molecule has 0 saturated carbocycles. The van der Waals surface area contributed by atoms with Gasteiger partial charge in [-0.1, -0.05) is 46.9 Å². The molecule has 0 N–H and O–H groups in total. The summed E-state index contributed by atoms with van der Waals surface area (Å²) in [5, 5.41) is 1.35. The molecule has 158 valence electrons. The first-order valence-electron chi connectivity index (χ1n) is 8.99. The van der Waals surface area contributed by atoms with Gasteiger partial charge in [0.2, 0.25) is 0 Å². The molecule has 30 heavy (non-hydrogen) atoms. The third-order valence-electron chi connectivity index (χ3n) is 5.10. The van der Waals surface area contributed by atoms with Crippen LogP contribution in [-0.2, 0) is 16.4 Å². The minimum Gasteiger partial charge on any atom is -0.329 e. The Bertz CT molecular complexity index is 1240. The van der Waals surface area contributed by atoms with Gasteiger partial charge in [-0.2, -0.15) is 0 Å². The predicted molar refractivity (Wildman–Crippen MR) is 120 cm³/mol. The van der Waals surface area contributed by atoms with Crippen LogP contribution in [0, 0.1) is 5.82 Å². The van der Waals surface area contributed by atoms with Crippen molar-refractivity contribution in [2.75, 3.05) is 11.5 Å². The average molecular weight is 507 g/mol. The largest absolute Gasteiger partial charge is 0.329 e. The quantitative estimate of drug-likeness (QED) is 0.447. The molecule has 0 spiro atoms. The molecule has 2 aromatic carbocycles. The van der Waals surface area contributed by atoms with Crippen molar-refractivity contribution in [3.05, 3.63) is 67.7 Å². The Kier molecular flexibility index (Phi) is 6.03. The van der Waals surface area contributed by atoms with Crippen LogP contribution in [0.5, 0.6) is 0 Å². The number of nitrogens with zero attached hydrogens (tertiary/aromatic N) is 1. The molecule has 1 aliphatic rings. The van der Waals surface area contributed by atoms with Gasteiger partial charge in [-0.05, 0) is 30.7 Å². The fraction of sp³-hybridized carbons (Fsp3) is 0.250. The molecule has 1 unspecified atom stereocenters. The van der Waals surface area contributed by atoms with E-state index in [1.165, 1.54) is 34.4 Å². The number of hydrogen-bond acceptors (Lipinski definition) is 4. The minimum absolute atomic E-state index is 0.0293. The molecule has 3 aromatic rings. The van der Waals surface area contributed by atoms with E-state index < -0.39 is 27.6 Å². The summed E-state index contributed by atoms with van der Waals surface area (Å²) in [5.74, 6) is -1.25. The zero-order valence-corrected chi connectivity index (χ0v) is 19.3. The summed E-state index contributed by atoms with van der Waals surface area (Å²) >= 11 is 20.1. The Labute approximate surface area is 192 Å². The first-order valence-corrected chi connectivity index (χ1v) is 12.8. The van der Waals surface area contributed by atoms with E-state index >= 15 is 0 Å². The molecular weight excluding hydrogens is 492 g/mol. The maximum atomic E-state index is 14.4.